The average Bonchev–Trinajstić information content (AvgIpc) is 3.20. The molecule has 2 amide bonds. The molecule has 2 aromatic heterocycles. The lowest BCUT2D eigenvalue weighted by Crippen LogP contribution is -2.42. The first-order chi connectivity index (χ1) is 15.1. The minimum absolute atomic E-state index is 0.00366. The highest BCUT2D eigenvalue weighted by atomic mass is 16.2. The third kappa shape index (κ3) is 6.67. The molecule has 2 heterocycles. The van der Waals surface area contributed by atoms with Crippen LogP contribution in [0.3, 0.4) is 0 Å². The van der Waals surface area contributed by atoms with Gasteiger partial charge in [-0.25, -0.2) is 0 Å². The van der Waals surface area contributed by atoms with E-state index in [-0.39, 0.29) is 24.4 Å². The highest BCUT2D eigenvalue weighted by Gasteiger charge is 2.16. The number of amides is 2. The lowest BCUT2D eigenvalue weighted by atomic mass is 10.0. The van der Waals surface area contributed by atoms with Crippen LogP contribution in [-0.4, -0.2) is 46.3 Å². The maximum absolute atomic E-state index is 12.5. The van der Waals surface area contributed by atoms with Crippen molar-refractivity contribution in [2.75, 3.05) is 13.6 Å². The molecule has 0 spiro atoms. The molecule has 0 unspecified atom stereocenters. The largest absolute Gasteiger partial charge is 0.361 e. The molecule has 3 rings (SSSR count). The van der Waals surface area contributed by atoms with Crippen LogP contribution in [-0.2, 0) is 22.4 Å². The zero-order valence-corrected chi connectivity index (χ0v) is 18.4. The number of fused-ring (bicyclic) bond motifs is 1. The Bertz CT molecular complexity index is 983. The summed E-state index contributed by atoms with van der Waals surface area (Å²) < 4.78 is 0. The summed E-state index contributed by atoms with van der Waals surface area (Å²) in [6, 6.07) is 12.3. The summed E-state index contributed by atoms with van der Waals surface area (Å²) >= 11 is 0. The normalized spacial score (nSPS) is 11.9. The molecule has 2 N–H and O–H groups in total. The van der Waals surface area contributed by atoms with Crippen molar-refractivity contribution in [2.45, 2.75) is 51.5 Å². The lowest BCUT2D eigenvalue weighted by Gasteiger charge is -2.21. The van der Waals surface area contributed by atoms with Crippen LogP contribution in [0.15, 0.2) is 55.0 Å². The van der Waals surface area contributed by atoms with E-state index >= 15 is 0 Å². The lowest BCUT2D eigenvalue weighted by molar-refractivity contribution is -0.135. The number of aryl methyl sites for hydroxylation is 2. The summed E-state index contributed by atoms with van der Waals surface area (Å²) in [4.78, 5) is 33.7. The van der Waals surface area contributed by atoms with Crippen molar-refractivity contribution in [3.05, 3.63) is 66.1 Å². The second kappa shape index (κ2) is 11.3. The highest BCUT2D eigenvalue weighted by molar-refractivity contribution is 5.85. The number of para-hydroxylation sites is 1. The van der Waals surface area contributed by atoms with Crippen molar-refractivity contribution in [1.82, 2.24) is 20.2 Å². The first kappa shape index (κ1) is 22.5. The number of aromatic amines is 1. The molecular weight excluding hydrogens is 388 g/mol. The van der Waals surface area contributed by atoms with Crippen molar-refractivity contribution in [3.8, 4) is 0 Å². The van der Waals surface area contributed by atoms with Crippen molar-refractivity contribution >= 4 is 22.7 Å². The van der Waals surface area contributed by atoms with E-state index in [1.165, 1.54) is 21.4 Å². The second-order valence-electron chi connectivity index (χ2n) is 8.03. The molecule has 31 heavy (non-hydrogen) atoms. The Morgan fingerprint density at radius 1 is 1.13 bits per heavy atom. The Balaban J connectivity index is 1.40. The number of likely N-dealkylation sites (N-methyl/N-ethyl adjacent to an activating group) is 1. The van der Waals surface area contributed by atoms with E-state index in [1.807, 2.05) is 24.3 Å². The summed E-state index contributed by atoms with van der Waals surface area (Å²) in [6.45, 7) is 2.17. The topological polar surface area (TPSA) is 78.1 Å². The number of rotatable bonds is 11. The molecule has 0 bridgehead atoms. The van der Waals surface area contributed by atoms with Gasteiger partial charge in [-0.3, -0.25) is 14.6 Å². The molecular formula is C25H32N4O2. The van der Waals surface area contributed by atoms with E-state index in [1.54, 1.807) is 19.4 Å². The number of H-pyrrole nitrogens is 1. The van der Waals surface area contributed by atoms with Gasteiger partial charge in [0, 0.05) is 49.0 Å². The standard InChI is InChI=1S/C25H32N4O2/c1-3-21(12-11-20-17-27-23-9-5-4-8-22(20)23)28-24(30)18-29(2)25(31)10-6-7-19-13-15-26-16-14-19/h4-5,8-9,13-17,21,27H,3,6-7,10-12,18H2,1-2H3,(H,28,30)/t21-/m0/s1. The summed E-state index contributed by atoms with van der Waals surface area (Å²) in [5, 5.41) is 4.33. The van der Waals surface area contributed by atoms with Gasteiger partial charge in [-0.2, -0.15) is 0 Å². The van der Waals surface area contributed by atoms with E-state index in [4.69, 9.17) is 0 Å². The minimum Gasteiger partial charge on any atom is -0.361 e. The Hall–Kier alpha value is -3.15. The predicted octanol–water partition coefficient (Wildman–Crippen LogP) is 3.87. The summed E-state index contributed by atoms with van der Waals surface area (Å²) in [5.74, 6) is -0.105. The van der Waals surface area contributed by atoms with Gasteiger partial charge in [-0.1, -0.05) is 25.1 Å². The van der Waals surface area contributed by atoms with Crippen molar-refractivity contribution in [1.29, 1.82) is 0 Å². The fourth-order valence-electron chi connectivity index (χ4n) is 3.81. The fourth-order valence-corrected chi connectivity index (χ4v) is 3.81. The number of carbonyl (C=O) groups is 2. The number of nitrogens with zero attached hydrogens (tertiary/aromatic N) is 2. The van der Waals surface area contributed by atoms with Gasteiger partial charge in [0.25, 0.3) is 0 Å². The smallest absolute Gasteiger partial charge is 0.239 e. The van der Waals surface area contributed by atoms with E-state index in [9.17, 15) is 9.59 Å². The molecule has 0 aliphatic rings. The quantitative estimate of drug-likeness (QED) is 0.494. The molecule has 0 saturated heterocycles. The first-order valence-corrected chi connectivity index (χ1v) is 11.0. The van der Waals surface area contributed by atoms with Crippen LogP contribution < -0.4 is 5.32 Å². The van der Waals surface area contributed by atoms with Crippen LogP contribution >= 0.6 is 0 Å². The van der Waals surface area contributed by atoms with Crippen LogP contribution in [0.4, 0.5) is 0 Å². The van der Waals surface area contributed by atoms with Crippen LogP contribution in [0.2, 0.25) is 0 Å². The maximum Gasteiger partial charge on any atom is 0.239 e. The Labute approximate surface area is 184 Å². The molecule has 1 atom stereocenters. The van der Waals surface area contributed by atoms with Crippen LogP contribution in [0.5, 0.6) is 0 Å². The zero-order chi connectivity index (χ0) is 22.1. The van der Waals surface area contributed by atoms with Crippen LogP contribution in [0.1, 0.15) is 43.7 Å². The van der Waals surface area contributed by atoms with E-state index in [0.29, 0.717) is 6.42 Å². The number of nitrogens with one attached hydrogen (secondary N) is 2. The third-order valence-corrected chi connectivity index (χ3v) is 5.71. The zero-order valence-electron chi connectivity index (χ0n) is 18.4. The molecule has 0 saturated carbocycles. The van der Waals surface area contributed by atoms with Gasteiger partial charge in [0.2, 0.25) is 11.8 Å². The predicted molar refractivity (Wildman–Crippen MR) is 124 cm³/mol. The number of pyridine rings is 1. The number of hydrogen-bond acceptors (Lipinski definition) is 3. The molecule has 6 nitrogen and oxygen atoms in total. The molecule has 0 fully saturated rings. The summed E-state index contributed by atoms with van der Waals surface area (Å²) in [7, 11) is 1.70. The van der Waals surface area contributed by atoms with Gasteiger partial charge in [0.05, 0.1) is 6.54 Å². The van der Waals surface area contributed by atoms with Crippen LogP contribution in [0, 0.1) is 0 Å². The second-order valence-corrected chi connectivity index (χ2v) is 8.03. The number of carbonyl (C=O) groups excluding carboxylic acids is 2. The van der Waals surface area contributed by atoms with Gasteiger partial charge in [0.15, 0.2) is 0 Å². The third-order valence-electron chi connectivity index (χ3n) is 5.71. The molecule has 0 aliphatic heterocycles. The minimum atomic E-state index is -0.101. The molecule has 6 heteroatoms. The SMILES string of the molecule is CC[C@@H](CCc1c[nH]c2ccccc12)NC(=O)CN(C)C(=O)CCCc1ccncc1. The number of hydrogen-bond donors (Lipinski definition) is 2. The Morgan fingerprint density at radius 3 is 2.68 bits per heavy atom. The van der Waals surface area contributed by atoms with Gasteiger partial charge in [-0.15, -0.1) is 0 Å². The Kier molecular flexibility index (Phi) is 8.21. The van der Waals surface area contributed by atoms with Gasteiger partial charge < -0.3 is 15.2 Å². The average molecular weight is 421 g/mol. The van der Waals surface area contributed by atoms with E-state index in [0.717, 1.165) is 37.6 Å². The molecule has 0 radical (unpaired) electrons. The number of aromatic nitrogens is 2. The Morgan fingerprint density at radius 2 is 1.90 bits per heavy atom. The molecule has 1 aromatic carbocycles. The van der Waals surface area contributed by atoms with Crippen molar-refractivity contribution in [3.63, 3.8) is 0 Å². The highest BCUT2D eigenvalue weighted by Crippen LogP contribution is 2.20. The van der Waals surface area contributed by atoms with Gasteiger partial charge >= 0.3 is 0 Å². The van der Waals surface area contributed by atoms with Crippen molar-refractivity contribution < 1.29 is 9.59 Å². The molecule has 3 aromatic rings. The molecule has 164 valence electrons. The van der Waals surface area contributed by atoms with Gasteiger partial charge in [0.1, 0.15) is 0 Å². The van der Waals surface area contributed by atoms with E-state index in [2.05, 4.69) is 40.5 Å². The summed E-state index contributed by atoms with van der Waals surface area (Å²) in [5.41, 5.74) is 3.58. The monoisotopic (exact) mass is 420 g/mol. The molecule has 0 aliphatic carbocycles. The van der Waals surface area contributed by atoms with Crippen LogP contribution in [0.25, 0.3) is 10.9 Å². The first-order valence-electron chi connectivity index (χ1n) is 11.0. The summed E-state index contributed by atoms with van der Waals surface area (Å²) in [6.07, 6.45) is 10.2. The van der Waals surface area contributed by atoms with Gasteiger partial charge in [-0.05, 0) is 61.4 Å². The maximum atomic E-state index is 12.5. The fraction of sp³-hybridized carbons (Fsp3) is 0.400. The van der Waals surface area contributed by atoms with Crippen molar-refractivity contribution in [2.24, 2.45) is 0 Å². The number of benzene rings is 1. The van der Waals surface area contributed by atoms with E-state index < -0.39 is 0 Å².